The largest absolute Gasteiger partial charge is 0.478 e. The number of carbonyl (C=O) groups is 4. The topological polar surface area (TPSA) is 180 Å². The first kappa shape index (κ1) is 34.6. The third-order valence-corrected chi connectivity index (χ3v) is 7.64. The molecule has 0 bridgehead atoms. The van der Waals surface area contributed by atoms with Gasteiger partial charge in [-0.25, -0.2) is 14.6 Å². The summed E-state index contributed by atoms with van der Waals surface area (Å²) in [6.45, 7) is 7.52. The van der Waals surface area contributed by atoms with Crippen LogP contribution in [-0.4, -0.2) is 116 Å². The van der Waals surface area contributed by atoms with Crippen LogP contribution in [0.2, 0.25) is 0 Å². The van der Waals surface area contributed by atoms with Crippen molar-refractivity contribution in [2.75, 3.05) is 70.4 Å². The Labute approximate surface area is 259 Å². The third-order valence-electron chi connectivity index (χ3n) is 6.74. The second-order valence-electron chi connectivity index (χ2n) is 10.1. The number of aliphatic carboxylic acids is 2. The molecular weight excluding hydrogens is 594 g/mol. The van der Waals surface area contributed by atoms with E-state index in [1.165, 1.54) is 11.3 Å². The van der Waals surface area contributed by atoms with Crippen LogP contribution in [0.15, 0.2) is 35.7 Å². The van der Waals surface area contributed by atoms with Crippen molar-refractivity contribution < 1.29 is 43.6 Å². The van der Waals surface area contributed by atoms with Gasteiger partial charge in [-0.15, -0.1) is 11.3 Å². The van der Waals surface area contributed by atoms with Crippen molar-refractivity contribution in [2.45, 2.75) is 32.1 Å². The number of morpholine rings is 1. The van der Waals surface area contributed by atoms with Crippen LogP contribution in [0.4, 0.5) is 10.8 Å². The molecule has 0 radical (unpaired) electrons. The van der Waals surface area contributed by atoms with Crippen LogP contribution in [0.3, 0.4) is 0 Å². The molecule has 2 fully saturated rings. The van der Waals surface area contributed by atoms with E-state index >= 15 is 0 Å². The highest BCUT2D eigenvalue weighted by atomic mass is 32.1. The summed E-state index contributed by atoms with van der Waals surface area (Å²) < 4.78 is 16.1. The van der Waals surface area contributed by atoms with Gasteiger partial charge in [0.15, 0.2) is 5.13 Å². The van der Waals surface area contributed by atoms with Gasteiger partial charge in [0.2, 0.25) is 0 Å². The first-order chi connectivity index (χ1) is 21.1. The molecule has 3 heterocycles. The van der Waals surface area contributed by atoms with Gasteiger partial charge in [0, 0.05) is 71.0 Å². The number of nitrogens with zero attached hydrogens (tertiary/aromatic N) is 3. The molecule has 0 aliphatic carbocycles. The van der Waals surface area contributed by atoms with Gasteiger partial charge in [0.1, 0.15) is 5.69 Å². The fourth-order valence-electron chi connectivity index (χ4n) is 4.58. The van der Waals surface area contributed by atoms with Gasteiger partial charge in [0.05, 0.1) is 36.7 Å². The Kier molecular flexibility index (Phi) is 13.7. The Bertz CT molecular complexity index is 1300. The summed E-state index contributed by atoms with van der Waals surface area (Å²) in [7, 11) is 3.30. The van der Waals surface area contributed by atoms with E-state index < -0.39 is 11.9 Å². The Balaban J connectivity index is 0.000000583. The summed E-state index contributed by atoms with van der Waals surface area (Å²) in [5, 5.41) is 23.9. The fraction of sp³-hybridized carbons (Fsp3) is 0.483. The number of anilines is 2. The first-order valence-electron chi connectivity index (χ1n) is 14.0. The SMILES string of the molecule is COCCNC(=O)c1cc(CN2CCO[C@@H](C)C2)ccc1NC(=O)c1csc(N2CC[C@H](OC)C2)n1.O=C(O)C=CC(=O)O. The summed E-state index contributed by atoms with van der Waals surface area (Å²) in [5.41, 5.74) is 2.19. The maximum atomic E-state index is 13.1. The van der Waals surface area contributed by atoms with Gasteiger partial charge in [-0.3, -0.25) is 14.5 Å². The minimum atomic E-state index is -1.26. The number of hydrogen-bond acceptors (Lipinski definition) is 11. The van der Waals surface area contributed by atoms with Crippen molar-refractivity contribution >= 4 is 45.9 Å². The van der Waals surface area contributed by atoms with Gasteiger partial charge in [-0.05, 0) is 31.0 Å². The van der Waals surface area contributed by atoms with E-state index in [0.29, 0.717) is 55.4 Å². The van der Waals surface area contributed by atoms with Gasteiger partial charge in [0.25, 0.3) is 11.8 Å². The molecule has 4 N–H and O–H groups in total. The van der Waals surface area contributed by atoms with Crippen LogP contribution in [0.25, 0.3) is 0 Å². The molecule has 2 amide bonds. The molecule has 2 aliphatic rings. The summed E-state index contributed by atoms with van der Waals surface area (Å²) in [6.07, 6.45) is 2.42. The molecule has 15 heteroatoms. The monoisotopic (exact) mass is 633 g/mol. The quantitative estimate of drug-likeness (QED) is 0.197. The lowest BCUT2D eigenvalue weighted by atomic mass is 10.1. The normalized spacial score (nSPS) is 18.5. The molecule has 2 aliphatic heterocycles. The Morgan fingerprint density at radius 3 is 2.50 bits per heavy atom. The average molecular weight is 634 g/mol. The fourth-order valence-corrected chi connectivity index (χ4v) is 5.42. The van der Waals surface area contributed by atoms with Crippen molar-refractivity contribution in [2.24, 2.45) is 0 Å². The first-order valence-corrected chi connectivity index (χ1v) is 14.9. The number of amides is 2. The van der Waals surface area contributed by atoms with E-state index in [0.717, 1.165) is 43.3 Å². The Hall–Kier alpha value is -3.89. The minimum absolute atomic E-state index is 0.179. The molecule has 0 unspecified atom stereocenters. The molecule has 0 saturated carbocycles. The number of benzene rings is 1. The van der Waals surface area contributed by atoms with Crippen LogP contribution >= 0.6 is 11.3 Å². The molecule has 240 valence electrons. The highest BCUT2D eigenvalue weighted by molar-refractivity contribution is 7.14. The van der Waals surface area contributed by atoms with Crippen molar-refractivity contribution in [1.29, 1.82) is 0 Å². The molecular formula is C29H39N5O9S. The molecule has 1 aromatic heterocycles. The highest BCUT2D eigenvalue weighted by Gasteiger charge is 2.26. The van der Waals surface area contributed by atoms with Crippen LogP contribution in [0.5, 0.6) is 0 Å². The predicted octanol–water partition coefficient (Wildman–Crippen LogP) is 1.93. The Morgan fingerprint density at radius 1 is 1.11 bits per heavy atom. The third kappa shape index (κ3) is 11.0. The predicted molar refractivity (Wildman–Crippen MR) is 163 cm³/mol. The Morgan fingerprint density at radius 2 is 1.86 bits per heavy atom. The lowest BCUT2D eigenvalue weighted by molar-refractivity contribution is -0.134. The number of aromatic nitrogens is 1. The van der Waals surface area contributed by atoms with E-state index in [1.807, 2.05) is 12.1 Å². The molecule has 4 rings (SSSR count). The molecule has 0 spiro atoms. The summed E-state index contributed by atoms with van der Waals surface area (Å²) in [5.74, 6) is -3.12. The van der Waals surface area contributed by atoms with E-state index in [1.54, 1.807) is 25.7 Å². The van der Waals surface area contributed by atoms with Gasteiger partial charge in [-0.1, -0.05) is 6.07 Å². The van der Waals surface area contributed by atoms with Crippen molar-refractivity contribution in [3.8, 4) is 0 Å². The standard InChI is InChI=1S/C25H35N5O5S.C4H4O4/c1-17-13-29(9-11-35-17)14-18-4-5-21(20(12-18)23(31)26-7-10-33-2)27-24(32)22-16-36-25(28-22)30-8-6-19(15-30)34-3;5-3(6)1-2-4(7)8/h4-5,12,16-17,19H,6-11,13-15H2,1-3H3,(H,26,31)(H,27,32);1-2H,(H,5,6)(H,7,8)/t17-,19-;/m0./s1. The maximum Gasteiger partial charge on any atom is 0.328 e. The van der Waals surface area contributed by atoms with Crippen molar-refractivity contribution in [3.05, 3.63) is 52.6 Å². The number of rotatable bonds is 12. The number of hydrogen-bond donors (Lipinski definition) is 4. The average Bonchev–Trinajstić information content (AvgIpc) is 3.68. The second kappa shape index (κ2) is 17.4. The smallest absolute Gasteiger partial charge is 0.328 e. The molecule has 2 saturated heterocycles. The number of thiazole rings is 1. The van der Waals surface area contributed by atoms with Gasteiger partial charge < -0.3 is 40.0 Å². The molecule has 44 heavy (non-hydrogen) atoms. The van der Waals surface area contributed by atoms with Gasteiger partial charge in [-0.2, -0.15) is 0 Å². The number of carboxylic acid groups (broad SMARTS) is 2. The number of carbonyl (C=O) groups excluding carboxylic acids is 2. The minimum Gasteiger partial charge on any atom is -0.478 e. The summed E-state index contributed by atoms with van der Waals surface area (Å²) in [6, 6.07) is 5.59. The highest BCUT2D eigenvalue weighted by Crippen LogP contribution is 2.27. The zero-order valence-electron chi connectivity index (χ0n) is 25.0. The van der Waals surface area contributed by atoms with E-state index in [4.69, 9.17) is 24.4 Å². The van der Waals surface area contributed by atoms with E-state index in [2.05, 4.69) is 32.3 Å². The second-order valence-corrected chi connectivity index (χ2v) is 11.0. The maximum absolute atomic E-state index is 13.1. The van der Waals surface area contributed by atoms with E-state index in [9.17, 15) is 19.2 Å². The molecule has 2 atom stereocenters. The van der Waals surface area contributed by atoms with Crippen LogP contribution in [-0.2, 0) is 30.3 Å². The number of nitrogens with one attached hydrogen (secondary N) is 2. The lowest BCUT2D eigenvalue weighted by Crippen LogP contribution is -2.40. The van der Waals surface area contributed by atoms with Crippen LogP contribution in [0, 0.1) is 0 Å². The summed E-state index contributed by atoms with van der Waals surface area (Å²) in [4.78, 5) is 54.1. The molecule has 2 aromatic rings. The molecule has 14 nitrogen and oxygen atoms in total. The number of methoxy groups -OCH3 is 2. The summed E-state index contributed by atoms with van der Waals surface area (Å²) >= 11 is 1.43. The van der Waals surface area contributed by atoms with Crippen molar-refractivity contribution in [3.63, 3.8) is 0 Å². The zero-order chi connectivity index (χ0) is 32.1. The number of carboxylic acids is 2. The molecule has 1 aromatic carbocycles. The number of ether oxygens (including phenoxy) is 3. The zero-order valence-corrected chi connectivity index (χ0v) is 25.8. The van der Waals surface area contributed by atoms with Crippen molar-refractivity contribution in [1.82, 2.24) is 15.2 Å². The lowest BCUT2D eigenvalue weighted by Gasteiger charge is -2.31. The van der Waals surface area contributed by atoms with Crippen LogP contribution < -0.4 is 15.5 Å². The van der Waals surface area contributed by atoms with Gasteiger partial charge >= 0.3 is 11.9 Å². The van der Waals surface area contributed by atoms with E-state index in [-0.39, 0.29) is 24.0 Å². The van der Waals surface area contributed by atoms with Crippen LogP contribution in [0.1, 0.15) is 39.8 Å².